The summed E-state index contributed by atoms with van der Waals surface area (Å²) in [6.07, 6.45) is 0. The molecule has 28 heavy (non-hydrogen) atoms. The van der Waals surface area contributed by atoms with Crippen LogP contribution in [0.25, 0.3) is 0 Å². The molecule has 0 heterocycles. The number of carboxylic acids is 1. The van der Waals surface area contributed by atoms with Gasteiger partial charge in [0.15, 0.2) is 0 Å². The van der Waals surface area contributed by atoms with Gasteiger partial charge in [0.1, 0.15) is 5.75 Å². The second kappa shape index (κ2) is 9.98. The number of carboxylic acid groups (broad SMARTS) is 1. The number of halogens is 1. The van der Waals surface area contributed by atoms with E-state index in [9.17, 15) is 14.7 Å². The van der Waals surface area contributed by atoms with Gasteiger partial charge in [0.2, 0.25) is 0 Å². The summed E-state index contributed by atoms with van der Waals surface area (Å²) in [5.74, 6) is -1.48. The molecular weight excluding hydrogens is 426 g/mol. The normalized spacial score (nSPS) is 9.61. The van der Waals surface area contributed by atoms with Crippen molar-refractivity contribution >= 4 is 45.0 Å². The molecule has 0 saturated heterocycles. The maximum atomic E-state index is 11.8. The Hall–Kier alpha value is -3.52. The molecular formula is C20H18BrN3O4. The summed E-state index contributed by atoms with van der Waals surface area (Å²) in [5, 5.41) is 23.5. The molecule has 3 rings (SSSR count). The van der Waals surface area contributed by atoms with E-state index in [2.05, 4.69) is 26.6 Å². The first-order valence-corrected chi connectivity index (χ1v) is 8.85. The first-order valence-electron chi connectivity index (χ1n) is 8.06. The van der Waals surface area contributed by atoms with Gasteiger partial charge < -0.3 is 26.6 Å². The monoisotopic (exact) mass is 443 g/mol. The first-order chi connectivity index (χ1) is 13.4. The molecule has 0 saturated carbocycles. The molecule has 0 aliphatic heterocycles. The van der Waals surface area contributed by atoms with E-state index in [4.69, 9.17) is 10.8 Å². The Morgan fingerprint density at radius 2 is 1.46 bits per heavy atom. The maximum Gasteiger partial charge on any atom is 0.335 e. The van der Waals surface area contributed by atoms with E-state index in [1.807, 2.05) is 36.4 Å². The van der Waals surface area contributed by atoms with E-state index in [1.165, 1.54) is 12.1 Å². The average molecular weight is 444 g/mol. The van der Waals surface area contributed by atoms with Gasteiger partial charge in [0, 0.05) is 10.2 Å². The SMILES string of the molecule is Nc1ccccc1.O=C(Nc1ccc(C(=O)O)cc1O)Nc1ccccc1Br. The van der Waals surface area contributed by atoms with Crippen LogP contribution in [0.1, 0.15) is 10.4 Å². The minimum Gasteiger partial charge on any atom is -0.506 e. The molecule has 144 valence electrons. The van der Waals surface area contributed by atoms with Gasteiger partial charge in [-0.25, -0.2) is 9.59 Å². The molecule has 0 aliphatic rings. The molecule has 8 heteroatoms. The fourth-order valence-electron chi connectivity index (χ4n) is 2.06. The summed E-state index contributed by atoms with van der Waals surface area (Å²) in [6.45, 7) is 0. The zero-order valence-corrected chi connectivity index (χ0v) is 16.2. The summed E-state index contributed by atoms with van der Waals surface area (Å²) < 4.78 is 0.714. The summed E-state index contributed by atoms with van der Waals surface area (Å²) in [5.41, 5.74) is 6.80. The third-order valence-electron chi connectivity index (χ3n) is 3.41. The number of aromatic hydroxyl groups is 1. The van der Waals surface area contributed by atoms with Crippen LogP contribution in [0, 0.1) is 0 Å². The third-order valence-corrected chi connectivity index (χ3v) is 4.11. The topological polar surface area (TPSA) is 125 Å². The zero-order valence-electron chi connectivity index (χ0n) is 14.6. The molecule has 0 aliphatic carbocycles. The lowest BCUT2D eigenvalue weighted by atomic mass is 10.2. The van der Waals surface area contributed by atoms with Crippen LogP contribution >= 0.6 is 15.9 Å². The molecule has 7 nitrogen and oxygen atoms in total. The van der Waals surface area contributed by atoms with E-state index >= 15 is 0 Å². The number of carbonyl (C=O) groups excluding carboxylic acids is 1. The van der Waals surface area contributed by atoms with Crippen LogP contribution in [0.15, 0.2) is 77.3 Å². The van der Waals surface area contributed by atoms with Crippen molar-refractivity contribution < 1.29 is 19.8 Å². The van der Waals surface area contributed by atoms with E-state index in [0.29, 0.717) is 10.2 Å². The van der Waals surface area contributed by atoms with E-state index in [1.54, 1.807) is 18.2 Å². The number of aromatic carboxylic acids is 1. The number of anilines is 3. The number of para-hydroxylation sites is 2. The highest BCUT2D eigenvalue weighted by atomic mass is 79.9. The van der Waals surface area contributed by atoms with Crippen LogP contribution in [0.2, 0.25) is 0 Å². The molecule has 0 spiro atoms. The number of nitrogen functional groups attached to an aromatic ring is 1. The highest BCUT2D eigenvalue weighted by Gasteiger charge is 2.11. The van der Waals surface area contributed by atoms with Gasteiger partial charge in [-0.2, -0.15) is 0 Å². The Morgan fingerprint density at radius 1 is 0.857 bits per heavy atom. The highest BCUT2D eigenvalue weighted by Crippen LogP contribution is 2.25. The Balaban J connectivity index is 0.000000336. The van der Waals surface area contributed by atoms with Crippen molar-refractivity contribution in [3.8, 4) is 5.75 Å². The van der Waals surface area contributed by atoms with Gasteiger partial charge in [-0.05, 0) is 58.4 Å². The second-order valence-corrected chi connectivity index (χ2v) is 6.36. The molecule has 0 fully saturated rings. The fourth-order valence-corrected chi connectivity index (χ4v) is 2.45. The van der Waals surface area contributed by atoms with Gasteiger partial charge in [-0.1, -0.05) is 30.3 Å². The minimum absolute atomic E-state index is 0.0655. The largest absolute Gasteiger partial charge is 0.506 e. The number of phenols is 1. The Kier molecular flexibility index (Phi) is 7.41. The second-order valence-electron chi connectivity index (χ2n) is 5.51. The van der Waals surface area contributed by atoms with Crippen LogP contribution in [0.3, 0.4) is 0 Å². The first kappa shape index (κ1) is 20.8. The van der Waals surface area contributed by atoms with Crippen LogP contribution < -0.4 is 16.4 Å². The van der Waals surface area contributed by atoms with Crippen molar-refractivity contribution in [2.24, 2.45) is 0 Å². The van der Waals surface area contributed by atoms with Crippen molar-refractivity contribution in [3.63, 3.8) is 0 Å². The number of urea groups is 1. The zero-order chi connectivity index (χ0) is 20.5. The van der Waals surface area contributed by atoms with Gasteiger partial charge in [-0.15, -0.1) is 0 Å². The summed E-state index contributed by atoms with van der Waals surface area (Å²) in [4.78, 5) is 22.6. The molecule has 6 N–H and O–H groups in total. The van der Waals surface area contributed by atoms with Crippen molar-refractivity contribution in [2.75, 3.05) is 16.4 Å². The van der Waals surface area contributed by atoms with Crippen molar-refractivity contribution in [3.05, 3.63) is 82.8 Å². The van der Waals surface area contributed by atoms with Gasteiger partial charge in [-0.3, -0.25) is 0 Å². The lowest BCUT2D eigenvalue weighted by Gasteiger charge is -2.10. The van der Waals surface area contributed by atoms with Gasteiger partial charge in [0.25, 0.3) is 0 Å². The van der Waals surface area contributed by atoms with Crippen molar-refractivity contribution in [1.82, 2.24) is 0 Å². The van der Waals surface area contributed by atoms with Crippen LogP contribution in [0.4, 0.5) is 21.9 Å². The predicted octanol–water partition coefficient (Wildman–Crippen LogP) is 4.77. The van der Waals surface area contributed by atoms with E-state index in [0.717, 1.165) is 11.8 Å². The smallest absolute Gasteiger partial charge is 0.335 e. The van der Waals surface area contributed by atoms with E-state index in [-0.39, 0.29) is 17.0 Å². The summed E-state index contributed by atoms with van der Waals surface area (Å²) >= 11 is 3.29. The number of nitrogens with two attached hydrogens (primary N) is 1. The lowest BCUT2D eigenvalue weighted by molar-refractivity contribution is 0.0696. The van der Waals surface area contributed by atoms with Crippen molar-refractivity contribution in [1.29, 1.82) is 0 Å². The summed E-state index contributed by atoms with van der Waals surface area (Å²) in [6, 6.07) is 19.7. The van der Waals surface area contributed by atoms with E-state index < -0.39 is 12.0 Å². The molecule has 0 unspecified atom stereocenters. The Labute approximate surface area is 169 Å². The van der Waals surface area contributed by atoms with Crippen LogP contribution in [0.5, 0.6) is 5.75 Å². The summed E-state index contributed by atoms with van der Waals surface area (Å²) in [7, 11) is 0. The predicted molar refractivity (Wildman–Crippen MR) is 113 cm³/mol. The number of nitrogens with one attached hydrogen (secondary N) is 2. The molecule has 3 aromatic carbocycles. The van der Waals surface area contributed by atoms with Crippen molar-refractivity contribution in [2.45, 2.75) is 0 Å². The number of amides is 2. The molecule has 2 amide bonds. The van der Waals surface area contributed by atoms with Crippen LogP contribution in [-0.2, 0) is 0 Å². The number of carbonyl (C=O) groups is 2. The number of phenolic OH excluding ortho intramolecular Hbond substituents is 1. The maximum absolute atomic E-state index is 11.8. The number of hydrogen-bond acceptors (Lipinski definition) is 4. The molecule has 0 atom stereocenters. The quantitative estimate of drug-likeness (QED) is 0.294. The standard InChI is InChI=1S/C14H11BrN2O4.C6H7N/c15-9-3-1-2-4-10(9)16-14(21)17-11-6-5-8(13(19)20)7-12(11)18;7-6-4-2-1-3-5-6/h1-7,18H,(H,19,20)(H2,16,17,21);1-5H,7H2. The minimum atomic E-state index is -1.16. The number of benzene rings is 3. The number of hydrogen-bond donors (Lipinski definition) is 5. The average Bonchev–Trinajstić information content (AvgIpc) is 2.66. The number of rotatable bonds is 3. The molecule has 0 bridgehead atoms. The third kappa shape index (κ3) is 6.33. The molecule has 0 aromatic heterocycles. The Morgan fingerprint density at radius 3 is 2.00 bits per heavy atom. The fraction of sp³-hybridized carbons (Fsp3) is 0. The highest BCUT2D eigenvalue weighted by molar-refractivity contribution is 9.10. The molecule has 3 aromatic rings. The lowest BCUT2D eigenvalue weighted by Crippen LogP contribution is -2.19. The van der Waals surface area contributed by atoms with Crippen LogP contribution in [-0.4, -0.2) is 22.2 Å². The van der Waals surface area contributed by atoms with Gasteiger partial charge >= 0.3 is 12.0 Å². The Bertz CT molecular complexity index is 965. The van der Waals surface area contributed by atoms with Gasteiger partial charge in [0.05, 0.1) is 16.9 Å². The molecule has 0 radical (unpaired) electrons.